The molecular weight excluding hydrogens is 374 g/mol. The van der Waals surface area contributed by atoms with Crippen LogP contribution in [0.1, 0.15) is 28.4 Å². The summed E-state index contributed by atoms with van der Waals surface area (Å²) >= 11 is 0. The average Bonchev–Trinajstić information content (AvgIpc) is 2.71. The van der Waals surface area contributed by atoms with Crippen molar-refractivity contribution in [2.75, 3.05) is 11.9 Å². The Labute approximate surface area is 166 Å². The Morgan fingerprint density at radius 2 is 1.97 bits per heavy atom. The highest BCUT2D eigenvalue weighted by atomic mass is 16.5. The van der Waals surface area contributed by atoms with Crippen LogP contribution in [-0.2, 0) is 25.5 Å². The summed E-state index contributed by atoms with van der Waals surface area (Å²) in [7, 11) is 0. The molecule has 29 heavy (non-hydrogen) atoms. The third kappa shape index (κ3) is 4.47. The summed E-state index contributed by atoms with van der Waals surface area (Å²) in [6.45, 7) is 0.796. The number of nitrogens with zero attached hydrogens (tertiary/aromatic N) is 2. The van der Waals surface area contributed by atoms with E-state index in [1.165, 1.54) is 13.0 Å². The lowest BCUT2D eigenvalue weighted by Crippen LogP contribution is -2.46. The molecule has 2 aromatic carbocycles. The number of amides is 3. The Morgan fingerprint density at radius 3 is 2.72 bits per heavy atom. The van der Waals surface area contributed by atoms with E-state index in [2.05, 4.69) is 5.32 Å². The second kappa shape index (κ2) is 8.35. The van der Waals surface area contributed by atoms with E-state index in [9.17, 15) is 19.2 Å². The fraction of sp³-hybridized carbons (Fsp3) is 0.190. The van der Waals surface area contributed by atoms with Crippen LogP contribution in [0.4, 0.5) is 5.69 Å². The van der Waals surface area contributed by atoms with Gasteiger partial charge in [0.25, 0.3) is 11.8 Å². The van der Waals surface area contributed by atoms with Gasteiger partial charge in [-0.15, -0.1) is 0 Å². The van der Waals surface area contributed by atoms with Crippen molar-refractivity contribution in [1.29, 1.82) is 5.26 Å². The summed E-state index contributed by atoms with van der Waals surface area (Å²) in [5.41, 5.74) is 1.73. The minimum absolute atomic E-state index is 0.0144. The molecule has 1 heterocycles. The van der Waals surface area contributed by atoms with E-state index in [0.717, 1.165) is 4.90 Å². The monoisotopic (exact) mass is 391 g/mol. The molecule has 8 heteroatoms. The predicted octanol–water partition coefficient (Wildman–Crippen LogP) is 1.65. The van der Waals surface area contributed by atoms with Crippen molar-refractivity contribution in [3.05, 3.63) is 65.2 Å². The highest BCUT2D eigenvalue weighted by molar-refractivity contribution is 6.11. The van der Waals surface area contributed by atoms with E-state index in [1.54, 1.807) is 42.5 Å². The molecule has 3 rings (SSSR count). The number of nitriles is 1. The maximum Gasteiger partial charge on any atom is 0.326 e. The number of carbonyl (C=O) groups excluding carboxylic acids is 4. The van der Waals surface area contributed by atoms with Gasteiger partial charge in [0.05, 0.1) is 18.1 Å². The van der Waals surface area contributed by atoms with Crippen LogP contribution in [0.3, 0.4) is 0 Å². The number of fused-ring (bicyclic) bond motifs is 1. The zero-order valence-electron chi connectivity index (χ0n) is 15.5. The minimum Gasteiger partial charge on any atom is -0.451 e. The van der Waals surface area contributed by atoms with Gasteiger partial charge in [0, 0.05) is 11.3 Å². The smallest absolute Gasteiger partial charge is 0.326 e. The van der Waals surface area contributed by atoms with Crippen LogP contribution in [0.15, 0.2) is 48.5 Å². The van der Waals surface area contributed by atoms with Crippen molar-refractivity contribution in [2.45, 2.75) is 19.4 Å². The first kappa shape index (κ1) is 19.8. The zero-order valence-corrected chi connectivity index (χ0v) is 15.5. The number of hydrogen-bond donors (Lipinski definition) is 1. The molecule has 0 saturated carbocycles. The maximum absolute atomic E-state index is 12.5. The molecule has 2 aromatic rings. The van der Waals surface area contributed by atoms with Crippen molar-refractivity contribution in [2.24, 2.45) is 0 Å². The normalized spacial score (nSPS) is 13.9. The van der Waals surface area contributed by atoms with Gasteiger partial charge in [-0.25, -0.2) is 0 Å². The Kier molecular flexibility index (Phi) is 5.69. The molecule has 0 aliphatic carbocycles. The van der Waals surface area contributed by atoms with E-state index in [0.29, 0.717) is 22.4 Å². The number of anilines is 1. The van der Waals surface area contributed by atoms with Crippen LogP contribution in [0, 0.1) is 11.3 Å². The molecule has 1 aliphatic heterocycles. The fourth-order valence-corrected chi connectivity index (χ4v) is 2.89. The van der Waals surface area contributed by atoms with Crippen molar-refractivity contribution >= 4 is 29.4 Å². The number of carbonyl (C=O) groups is 4. The summed E-state index contributed by atoms with van der Waals surface area (Å²) in [6.07, 6.45) is -1.14. The van der Waals surface area contributed by atoms with Crippen LogP contribution in [0.25, 0.3) is 0 Å². The summed E-state index contributed by atoms with van der Waals surface area (Å²) in [5, 5.41) is 11.4. The Morgan fingerprint density at radius 1 is 1.21 bits per heavy atom. The molecule has 0 radical (unpaired) electrons. The summed E-state index contributed by atoms with van der Waals surface area (Å²) in [4.78, 5) is 49.9. The van der Waals surface area contributed by atoms with Gasteiger partial charge in [-0.05, 0) is 36.8 Å². The van der Waals surface area contributed by atoms with Gasteiger partial charge in [0.2, 0.25) is 5.91 Å². The predicted molar refractivity (Wildman–Crippen MR) is 102 cm³/mol. The topological polar surface area (TPSA) is 117 Å². The average molecular weight is 391 g/mol. The highest BCUT2D eigenvalue weighted by Crippen LogP contribution is 2.19. The Bertz CT molecular complexity index is 1040. The lowest BCUT2D eigenvalue weighted by Gasteiger charge is -2.26. The molecule has 1 atom stereocenters. The maximum atomic E-state index is 12.5. The van der Waals surface area contributed by atoms with Crippen LogP contribution in [0.5, 0.6) is 0 Å². The molecule has 146 valence electrons. The first-order valence-electron chi connectivity index (χ1n) is 8.82. The van der Waals surface area contributed by atoms with Gasteiger partial charge in [-0.3, -0.25) is 24.1 Å². The molecule has 0 fully saturated rings. The first-order valence-corrected chi connectivity index (χ1v) is 8.82. The van der Waals surface area contributed by atoms with E-state index >= 15 is 0 Å². The minimum atomic E-state index is -1.16. The molecule has 0 aromatic heterocycles. The summed E-state index contributed by atoms with van der Waals surface area (Å²) in [5.74, 6) is -2.55. The molecule has 1 N–H and O–H groups in total. The molecule has 0 bridgehead atoms. The first-order chi connectivity index (χ1) is 13.9. The molecule has 0 saturated heterocycles. The molecule has 8 nitrogen and oxygen atoms in total. The number of rotatable bonds is 5. The molecule has 0 spiro atoms. The van der Waals surface area contributed by atoms with E-state index in [4.69, 9.17) is 10.00 Å². The van der Waals surface area contributed by atoms with Gasteiger partial charge in [-0.1, -0.05) is 24.3 Å². The number of ether oxygens (including phenoxy) is 1. The highest BCUT2D eigenvalue weighted by Gasteiger charge is 2.33. The lowest BCUT2D eigenvalue weighted by molar-refractivity contribution is -0.155. The Hall–Kier alpha value is -3.99. The zero-order chi connectivity index (χ0) is 21.0. The number of hydrogen-bond acceptors (Lipinski definition) is 6. The van der Waals surface area contributed by atoms with Gasteiger partial charge in [-0.2, -0.15) is 5.26 Å². The lowest BCUT2D eigenvalue weighted by atomic mass is 9.98. The number of esters is 1. The van der Waals surface area contributed by atoms with Crippen molar-refractivity contribution in [3.8, 4) is 6.07 Å². The molecule has 1 aliphatic rings. The number of imide groups is 1. The van der Waals surface area contributed by atoms with Crippen LogP contribution < -0.4 is 5.32 Å². The SMILES string of the molecule is C[C@@H](OC(=O)CN1C(=O)Cc2ccccc2C1=O)C(=O)Nc1cccc(C#N)c1. The number of nitrogens with one attached hydrogen (secondary N) is 1. The van der Waals surface area contributed by atoms with Crippen molar-refractivity contribution < 1.29 is 23.9 Å². The van der Waals surface area contributed by atoms with E-state index in [-0.39, 0.29) is 6.42 Å². The van der Waals surface area contributed by atoms with E-state index < -0.39 is 36.3 Å². The second-order valence-corrected chi connectivity index (χ2v) is 6.43. The summed E-state index contributed by atoms with van der Waals surface area (Å²) < 4.78 is 5.07. The second-order valence-electron chi connectivity index (χ2n) is 6.43. The standard InChI is InChI=1S/C21H17N3O5/c1-13(20(27)23-16-7-4-5-14(9-16)11-22)29-19(26)12-24-18(25)10-15-6-2-3-8-17(15)21(24)28/h2-9,13H,10,12H2,1H3,(H,23,27)/t13-/m1/s1. The van der Waals surface area contributed by atoms with Gasteiger partial charge >= 0.3 is 5.97 Å². The third-order valence-electron chi connectivity index (χ3n) is 4.36. The van der Waals surface area contributed by atoms with Gasteiger partial charge in [0.1, 0.15) is 6.54 Å². The van der Waals surface area contributed by atoms with E-state index in [1.807, 2.05) is 6.07 Å². The van der Waals surface area contributed by atoms with Crippen LogP contribution in [-0.4, -0.2) is 41.2 Å². The largest absolute Gasteiger partial charge is 0.451 e. The summed E-state index contributed by atoms with van der Waals surface area (Å²) in [6, 6.07) is 14.9. The third-order valence-corrected chi connectivity index (χ3v) is 4.36. The molecule has 0 unspecified atom stereocenters. The quantitative estimate of drug-likeness (QED) is 0.612. The number of benzene rings is 2. The van der Waals surface area contributed by atoms with Gasteiger partial charge < -0.3 is 10.1 Å². The fourth-order valence-electron chi connectivity index (χ4n) is 2.89. The molecular formula is C21H17N3O5. The van der Waals surface area contributed by atoms with Crippen LogP contribution >= 0.6 is 0 Å². The van der Waals surface area contributed by atoms with Crippen molar-refractivity contribution in [1.82, 2.24) is 4.90 Å². The van der Waals surface area contributed by atoms with Crippen LogP contribution in [0.2, 0.25) is 0 Å². The van der Waals surface area contributed by atoms with Gasteiger partial charge in [0.15, 0.2) is 6.10 Å². The Balaban J connectivity index is 1.60. The van der Waals surface area contributed by atoms with Crippen molar-refractivity contribution in [3.63, 3.8) is 0 Å². The molecule has 3 amide bonds.